The second-order valence-electron chi connectivity index (χ2n) is 4.01. The standard InChI is InChI=1S/C13H13FN2O/c1-9-3-4-10(14)7-11(9)12(17)8-13-15-5-6-16(13)2/h3-7H,8H2,1-2H3. The predicted octanol–water partition coefficient (Wildman–Crippen LogP) is 2.29. The number of aromatic nitrogens is 2. The molecule has 0 bridgehead atoms. The lowest BCUT2D eigenvalue weighted by atomic mass is 10.0. The van der Waals surface area contributed by atoms with Gasteiger partial charge in [0.1, 0.15) is 11.6 Å². The summed E-state index contributed by atoms with van der Waals surface area (Å²) in [5, 5.41) is 0. The van der Waals surface area contributed by atoms with Crippen molar-refractivity contribution in [3.63, 3.8) is 0 Å². The first-order chi connectivity index (χ1) is 8.08. The van der Waals surface area contributed by atoms with Crippen LogP contribution in [0.5, 0.6) is 0 Å². The minimum Gasteiger partial charge on any atom is -0.338 e. The van der Waals surface area contributed by atoms with Crippen molar-refractivity contribution in [2.45, 2.75) is 13.3 Å². The number of carbonyl (C=O) groups is 1. The minimum atomic E-state index is -0.390. The summed E-state index contributed by atoms with van der Waals surface area (Å²) in [6, 6.07) is 4.24. The van der Waals surface area contributed by atoms with Gasteiger partial charge in [0.15, 0.2) is 5.78 Å². The summed E-state index contributed by atoms with van der Waals surface area (Å²) >= 11 is 0. The van der Waals surface area contributed by atoms with E-state index in [1.807, 2.05) is 7.05 Å². The summed E-state index contributed by atoms with van der Waals surface area (Å²) in [5.74, 6) is 0.175. The molecule has 0 N–H and O–H groups in total. The summed E-state index contributed by atoms with van der Waals surface area (Å²) in [6.45, 7) is 1.80. The molecule has 2 aromatic rings. The van der Waals surface area contributed by atoms with Crippen LogP contribution >= 0.6 is 0 Å². The number of rotatable bonds is 3. The van der Waals surface area contributed by atoms with Gasteiger partial charge in [0.25, 0.3) is 0 Å². The fourth-order valence-corrected chi connectivity index (χ4v) is 1.70. The van der Waals surface area contributed by atoms with E-state index in [1.165, 1.54) is 12.1 Å². The van der Waals surface area contributed by atoms with Gasteiger partial charge >= 0.3 is 0 Å². The van der Waals surface area contributed by atoms with Crippen molar-refractivity contribution >= 4 is 5.78 Å². The fourth-order valence-electron chi connectivity index (χ4n) is 1.70. The second-order valence-corrected chi connectivity index (χ2v) is 4.01. The Labute approximate surface area is 98.9 Å². The van der Waals surface area contributed by atoms with E-state index in [9.17, 15) is 9.18 Å². The van der Waals surface area contributed by atoms with Gasteiger partial charge in [-0.1, -0.05) is 6.07 Å². The van der Waals surface area contributed by atoms with Crippen molar-refractivity contribution in [1.29, 1.82) is 0 Å². The molecule has 0 aliphatic carbocycles. The maximum absolute atomic E-state index is 13.1. The van der Waals surface area contributed by atoms with Crippen LogP contribution < -0.4 is 0 Å². The van der Waals surface area contributed by atoms with Crippen LogP contribution in [-0.2, 0) is 13.5 Å². The van der Waals surface area contributed by atoms with Crippen molar-refractivity contribution in [2.24, 2.45) is 7.05 Å². The van der Waals surface area contributed by atoms with Crippen molar-refractivity contribution in [2.75, 3.05) is 0 Å². The van der Waals surface area contributed by atoms with Crippen molar-refractivity contribution in [3.8, 4) is 0 Å². The highest BCUT2D eigenvalue weighted by molar-refractivity contribution is 5.98. The molecule has 0 atom stereocenters. The summed E-state index contributed by atoms with van der Waals surface area (Å²) in [6.07, 6.45) is 3.61. The Morgan fingerprint density at radius 3 is 2.88 bits per heavy atom. The van der Waals surface area contributed by atoms with Gasteiger partial charge < -0.3 is 4.57 Å². The van der Waals surface area contributed by atoms with Crippen LogP contribution in [-0.4, -0.2) is 15.3 Å². The third-order valence-corrected chi connectivity index (χ3v) is 2.74. The SMILES string of the molecule is Cc1ccc(F)cc1C(=O)Cc1nccn1C. The van der Waals surface area contributed by atoms with E-state index in [-0.39, 0.29) is 12.2 Å². The summed E-state index contributed by atoms with van der Waals surface area (Å²) in [4.78, 5) is 16.1. The van der Waals surface area contributed by atoms with E-state index < -0.39 is 5.82 Å². The summed E-state index contributed by atoms with van der Waals surface area (Å²) in [7, 11) is 1.83. The number of imidazole rings is 1. The molecule has 0 spiro atoms. The van der Waals surface area contributed by atoms with E-state index in [2.05, 4.69) is 4.98 Å². The molecule has 0 amide bonds. The Kier molecular flexibility index (Phi) is 3.04. The number of hydrogen-bond donors (Lipinski definition) is 0. The van der Waals surface area contributed by atoms with Crippen molar-refractivity contribution < 1.29 is 9.18 Å². The number of nitrogens with zero attached hydrogens (tertiary/aromatic N) is 2. The van der Waals surface area contributed by atoms with Crippen LogP contribution in [0, 0.1) is 12.7 Å². The van der Waals surface area contributed by atoms with E-state index in [0.717, 1.165) is 5.56 Å². The van der Waals surface area contributed by atoms with Crippen LogP contribution in [0.3, 0.4) is 0 Å². The number of ketones is 1. The highest BCUT2D eigenvalue weighted by Crippen LogP contribution is 2.13. The molecule has 17 heavy (non-hydrogen) atoms. The molecular formula is C13H13FN2O. The van der Waals surface area contributed by atoms with E-state index in [1.54, 1.807) is 30.0 Å². The number of Topliss-reactive ketones (excluding diaryl/α,β-unsaturated/α-hetero) is 1. The molecule has 0 radical (unpaired) electrons. The van der Waals surface area contributed by atoms with Gasteiger partial charge in [-0.25, -0.2) is 9.37 Å². The highest BCUT2D eigenvalue weighted by Gasteiger charge is 2.13. The van der Waals surface area contributed by atoms with Gasteiger partial charge in [-0.3, -0.25) is 4.79 Å². The van der Waals surface area contributed by atoms with Crippen LogP contribution in [0.2, 0.25) is 0 Å². The first-order valence-corrected chi connectivity index (χ1v) is 5.33. The molecule has 0 unspecified atom stereocenters. The number of halogens is 1. The molecule has 1 aromatic heterocycles. The third kappa shape index (κ3) is 2.41. The Hall–Kier alpha value is -1.97. The molecule has 3 nitrogen and oxygen atoms in total. The number of hydrogen-bond acceptors (Lipinski definition) is 2. The van der Waals surface area contributed by atoms with Crippen LogP contribution in [0.4, 0.5) is 4.39 Å². The third-order valence-electron chi connectivity index (χ3n) is 2.74. The topological polar surface area (TPSA) is 34.9 Å². The molecule has 4 heteroatoms. The Morgan fingerprint density at radius 2 is 2.24 bits per heavy atom. The largest absolute Gasteiger partial charge is 0.338 e. The molecule has 2 rings (SSSR count). The Bertz CT molecular complexity index is 560. The van der Waals surface area contributed by atoms with E-state index >= 15 is 0 Å². The molecule has 1 heterocycles. The van der Waals surface area contributed by atoms with Crippen LogP contribution in [0.15, 0.2) is 30.6 Å². The molecule has 0 fully saturated rings. The zero-order chi connectivity index (χ0) is 12.4. The summed E-state index contributed by atoms with van der Waals surface area (Å²) < 4.78 is 14.9. The van der Waals surface area contributed by atoms with Crippen molar-refractivity contribution in [3.05, 3.63) is 53.4 Å². The zero-order valence-corrected chi connectivity index (χ0v) is 9.77. The number of carbonyl (C=O) groups excluding carboxylic acids is 1. The maximum atomic E-state index is 13.1. The average molecular weight is 232 g/mol. The zero-order valence-electron chi connectivity index (χ0n) is 9.77. The van der Waals surface area contributed by atoms with Gasteiger partial charge in [-0.15, -0.1) is 0 Å². The van der Waals surface area contributed by atoms with E-state index in [4.69, 9.17) is 0 Å². The molecule has 0 aliphatic rings. The minimum absolute atomic E-state index is 0.115. The van der Waals surface area contributed by atoms with Gasteiger partial charge in [0, 0.05) is 25.0 Å². The van der Waals surface area contributed by atoms with Gasteiger partial charge in [-0.2, -0.15) is 0 Å². The molecule has 88 valence electrons. The number of aryl methyl sites for hydroxylation is 2. The second kappa shape index (κ2) is 4.49. The average Bonchev–Trinajstić information content (AvgIpc) is 2.68. The first kappa shape index (κ1) is 11.5. The maximum Gasteiger partial charge on any atom is 0.170 e. The first-order valence-electron chi connectivity index (χ1n) is 5.33. The van der Waals surface area contributed by atoms with Gasteiger partial charge in [-0.05, 0) is 24.6 Å². The highest BCUT2D eigenvalue weighted by atomic mass is 19.1. The van der Waals surface area contributed by atoms with Crippen molar-refractivity contribution in [1.82, 2.24) is 9.55 Å². The lowest BCUT2D eigenvalue weighted by molar-refractivity contribution is 0.0989. The Morgan fingerprint density at radius 1 is 1.47 bits per heavy atom. The summed E-state index contributed by atoms with van der Waals surface area (Å²) in [5.41, 5.74) is 1.21. The van der Waals surface area contributed by atoms with Gasteiger partial charge in [0.2, 0.25) is 0 Å². The van der Waals surface area contributed by atoms with Crippen LogP contribution in [0.1, 0.15) is 21.7 Å². The monoisotopic (exact) mass is 232 g/mol. The molecule has 0 saturated heterocycles. The lowest BCUT2D eigenvalue weighted by Gasteiger charge is -2.05. The van der Waals surface area contributed by atoms with Crippen LogP contribution in [0.25, 0.3) is 0 Å². The predicted molar refractivity (Wildman–Crippen MR) is 62.4 cm³/mol. The molecule has 0 saturated carbocycles. The number of benzene rings is 1. The normalized spacial score (nSPS) is 10.5. The quantitative estimate of drug-likeness (QED) is 0.761. The lowest BCUT2D eigenvalue weighted by Crippen LogP contribution is -2.10. The molecule has 0 aliphatic heterocycles. The molecular weight excluding hydrogens is 219 g/mol. The smallest absolute Gasteiger partial charge is 0.170 e. The van der Waals surface area contributed by atoms with E-state index in [0.29, 0.717) is 11.4 Å². The van der Waals surface area contributed by atoms with Gasteiger partial charge in [0.05, 0.1) is 6.42 Å². The molecule has 1 aromatic carbocycles. The Balaban J connectivity index is 2.26. The fraction of sp³-hybridized carbons (Fsp3) is 0.231.